The number of aliphatic hydroxyl groups excluding tert-OH is 1. The summed E-state index contributed by atoms with van der Waals surface area (Å²) in [7, 11) is 0. The molecule has 0 heterocycles. The van der Waals surface area contributed by atoms with Crippen LogP contribution in [-0.2, 0) is 0 Å². The van der Waals surface area contributed by atoms with E-state index in [0.717, 1.165) is 17.9 Å². The zero-order valence-corrected chi connectivity index (χ0v) is 13.3. The van der Waals surface area contributed by atoms with Crippen LogP contribution in [0.1, 0.15) is 84.0 Å². The van der Waals surface area contributed by atoms with Crippen molar-refractivity contribution < 1.29 is 15.4 Å². The molecule has 0 radical (unpaired) electrons. The van der Waals surface area contributed by atoms with Crippen molar-refractivity contribution in [3.63, 3.8) is 0 Å². The standard InChI is InChI=1S/C16H35NO3/c1-2-3-4-5-6-7-8-9-10-11-12-13-14-17(20)15-16(18)19/h16,18-20H,2-15H2,1H3. The molecule has 0 spiro atoms. The Bertz CT molecular complexity index is 189. The average molecular weight is 289 g/mol. The van der Waals surface area contributed by atoms with Gasteiger partial charge in [-0.15, -0.1) is 0 Å². The van der Waals surface area contributed by atoms with Gasteiger partial charge in [0, 0.05) is 6.54 Å². The Hall–Kier alpha value is -0.160. The van der Waals surface area contributed by atoms with E-state index in [1.807, 2.05) is 0 Å². The third-order valence-corrected chi connectivity index (χ3v) is 3.64. The molecular weight excluding hydrogens is 254 g/mol. The third-order valence-electron chi connectivity index (χ3n) is 3.64. The fraction of sp³-hybridized carbons (Fsp3) is 1.00. The molecule has 0 atom stereocenters. The quantitative estimate of drug-likeness (QED) is 0.244. The summed E-state index contributed by atoms with van der Waals surface area (Å²) in [5, 5.41) is 27.6. The summed E-state index contributed by atoms with van der Waals surface area (Å²) in [4.78, 5) is 0. The van der Waals surface area contributed by atoms with Crippen LogP contribution in [0.2, 0.25) is 0 Å². The Balaban J connectivity index is 3.06. The van der Waals surface area contributed by atoms with Gasteiger partial charge in [0.05, 0.1) is 6.54 Å². The summed E-state index contributed by atoms with van der Waals surface area (Å²) >= 11 is 0. The van der Waals surface area contributed by atoms with Crippen molar-refractivity contribution in [1.82, 2.24) is 5.06 Å². The zero-order valence-electron chi connectivity index (χ0n) is 13.3. The van der Waals surface area contributed by atoms with E-state index < -0.39 is 6.29 Å². The highest BCUT2D eigenvalue weighted by atomic mass is 16.5. The highest BCUT2D eigenvalue weighted by molar-refractivity contribution is 4.51. The van der Waals surface area contributed by atoms with Crippen molar-refractivity contribution in [3.05, 3.63) is 0 Å². The number of hydroxylamine groups is 2. The van der Waals surface area contributed by atoms with Crippen molar-refractivity contribution in [3.8, 4) is 0 Å². The number of nitrogens with zero attached hydrogens (tertiary/aromatic N) is 1. The summed E-state index contributed by atoms with van der Waals surface area (Å²) in [6.45, 7) is 2.69. The highest BCUT2D eigenvalue weighted by Crippen LogP contribution is 2.11. The monoisotopic (exact) mass is 289 g/mol. The fourth-order valence-corrected chi connectivity index (χ4v) is 2.42. The van der Waals surface area contributed by atoms with E-state index in [4.69, 9.17) is 10.2 Å². The minimum atomic E-state index is -1.45. The lowest BCUT2D eigenvalue weighted by atomic mass is 10.1. The van der Waals surface area contributed by atoms with Crippen LogP contribution in [-0.4, -0.2) is 39.9 Å². The molecular formula is C16H35NO3. The molecule has 0 rings (SSSR count). The van der Waals surface area contributed by atoms with E-state index in [2.05, 4.69) is 6.92 Å². The first-order valence-electron chi connectivity index (χ1n) is 8.46. The van der Waals surface area contributed by atoms with Gasteiger partial charge in [0.25, 0.3) is 0 Å². The van der Waals surface area contributed by atoms with E-state index in [1.54, 1.807) is 0 Å². The molecule has 0 aliphatic rings. The molecule has 0 fully saturated rings. The Kier molecular flexibility index (Phi) is 15.1. The molecule has 122 valence electrons. The van der Waals surface area contributed by atoms with E-state index >= 15 is 0 Å². The molecule has 0 bridgehead atoms. The largest absolute Gasteiger partial charge is 0.367 e. The van der Waals surface area contributed by atoms with Crippen LogP contribution in [0.4, 0.5) is 0 Å². The third kappa shape index (κ3) is 15.9. The molecule has 0 aromatic carbocycles. The van der Waals surface area contributed by atoms with Gasteiger partial charge < -0.3 is 15.4 Å². The van der Waals surface area contributed by atoms with Gasteiger partial charge >= 0.3 is 0 Å². The highest BCUT2D eigenvalue weighted by Gasteiger charge is 2.04. The Morgan fingerprint density at radius 1 is 0.700 bits per heavy atom. The fourth-order valence-electron chi connectivity index (χ4n) is 2.42. The van der Waals surface area contributed by atoms with Gasteiger partial charge in [-0.25, -0.2) is 0 Å². The van der Waals surface area contributed by atoms with Crippen molar-refractivity contribution in [2.45, 2.75) is 90.3 Å². The molecule has 4 nitrogen and oxygen atoms in total. The van der Waals surface area contributed by atoms with Crippen molar-refractivity contribution in [1.29, 1.82) is 0 Å². The zero-order chi connectivity index (χ0) is 15.1. The van der Waals surface area contributed by atoms with Crippen molar-refractivity contribution in [2.75, 3.05) is 13.1 Å². The molecule has 0 aliphatic heterocycles. The number of aliphatic hydroxyl groups is 2. The van der Waals surface area contributed by atoms with Gasteiger partial charge in [0.15, 0.2) is 6.29 Å². The molecule has 3 N–H and O–H groups in total. The second-order valence-corrected chi connectivity index (χ2v) is 5.78. The maximum absolute atomic E-state index is 9.29. The Morgan fingerprint density at radius 3 is 1.50 bits per heavy atom. The van der Waals surface area contributed by atoms with Crippen LogP contribution in [0.5, 0.6) is 0 Å². The van der Waals surface area contributed by atoms with Crippen LogP contribution in [0.25, 0.3) is 0 Å². The van der Waals surface area contributed by atoms with E-state index in [-0.39, 0.29) is 6.54 Å². The maximum Gasteiger partial charge on any atom is 0.166 e. The lowest BCUT2D eigenvalue weighted by Gasteiger charge is -2.15. The lowest BCUT2D eigenvalue weighted by molar-refractivity contribution is -0.158. The van der Waals surface area contributed by atoms with Gasteiger partial charge in [0.1, 0.15) is 0 Å². The molecule has 0 saturated heterocycles. The number of unbranched alkanes of at least 4 members (excludes halogenated alkanes) is 11. The molecule has 0 unspecified atom stereocenters. The van der Waals surface area contributed by atoms with Gasteiger partial charge in [-0.2, -0.15) is 5.06 Å². The van der Waals surface area contributed by atoms with Crippen LogP contribution >= 0.6 is 0 Å². The molecule has 4 heteroatoms. The summed E-state index contributed by atoms with van der Waals surface area (Å²) in [6.07, 6.45) is 14.0. The first kappa shape index (κ1) is 19.8. The van der Waals surface area contributed by atoms with Crippen LogP contribution in [0.3, 0.4) is 0 Å². The smallest absolute Gasteiger partial charge is 0.166 e. The summed E-state index contributed by atoms with van der Waals surface area (Å²) in [5.74, 6) is 0. The molecule has 0 saturated carbocycles. The predicted octanol–water partition coefficient (Wildman–Crippen LogP) is 3.69. The maximum atomic E-state index is 9.29. The minimum Gasteiger partial charge on any atom is -0.367 e. The van der Waals surface area contributed by atoms with E-state index in [0.29, 0.717) is 6.54 Å². The molecule has 0 aromatic rings. The second-order valence-electron chi connectivity index (χ2n) is 5.78. The van der Waals surface area contributed by atoms with Crippen molar-refractivity contribution in [2.24, 2.45) is 0 Å². The second kappa shape index (κ2) is 15.2. The van der Waals surface area contributed by atoms with Gasteiger partial charge in [-0.05, 0) is 6.42 Å². The van der Waals surface area contributed by atoms with Gasteiger partial charge in [-0.1, -0.05) is 77.6 Å². The van der Waals surface area contributed by atoms with Crippen molar-refractivity contribution >= 4 is 0 Å². The van der Waals surface area contributed by atoms with E-state index in [9.17, 15) is 5.21 Å². The van der Waals surface area contributed by atoms with Gasteiger partial charge in [-0.3, -0.25) is 0 Å². The Labute approximate surface area is 124 Å². The molecule has 0 aromatic heterocycles. The number of hydrogen-bond donors (Lipinski definition) is 3. The first-order valence-corrected chi connectivity index (χ1v) is 8.46. The van der Waals surface area contributed by atoms with Crippen LogP contribution in [0.15, 0.2) is 0 Å². The normalized spacial score (nSPS) is 11.7. The lowest BCUT2D eigenvalue weighted by Crippen LogP contribution is -2.30. The molecule has 20 heavy (non-hydrogen) atoms. The summed E-state index contributed by atoms with van der Waals surface area (Å²) < 4.78 is 0. The van der Waals surface area contributed by atoms with Gasteiger partial charge in [0.2, 0.25) is 0 Å². The number of hydrogen-bond acceptors (Lipinski definition) is 4. The average Bonchev–Trinajstić information content (AvgIpc) is 2.39. The van der Waals surface area contributed by atoms with E-state index in [1.165, 1.54) is 64.2 Å². The number of rotatable bonds is 15. The summed E-state index contributed by atoms with van der Waals surface area (Å²) in [5.41, 5.74) is 0. The SMILES string of the molecule is CCCCCCCCCCCCCCN(O)CC(O)O. The van der Waals surface area contributed by atoms with Crippen LogP contribution in [0, 0.1) is 0 Å². The minimum absolute atomic E-state index is 0.0853. The topological polar surface area (TPSA) is 63.9 Å². The first-order chi connectivity index (χ1) is 9.66. The predicted molar refractivity (Wildman–Crippen MR) is 82.7 cm³/mol. The summed E-state index contributed by atoms with van der Waals surface area (Å²) in [6, 6.07) is 0. The molecule has 0 aliphatic carbocycles. The molecule has 0 amide bonds. The Morgan fingerprint density at radius 2 is 1.10 bits per heavy atom. The van der Waals surface area contributed by atoms with Crippen LogP contribution < -0.4 is 0 Å².